The van der Waals surface area contributed by atoms with Crippen LogP contribution < -0.4 is 10.2 Å². The van der Waals surface area contributed by atoms with Gasteiger partial charge in [-0.25, -0.2) is 0 Å². The quantitative estimate of drug-likeness (QED) is 0.714. The number of carbonyl (C=O) groups is 2. The van der Waals surface area contributed by atoms with Gasteiger partial charge in [0.1, 0.15) is 6.54 Å². The van der Waals surface area contributed by atoms with Crippen molar-refractivity contribution in [1.82, 2.24) is 4.90 Å². The Bertz CT molecular complexity index is 892. The van der Waals surface area contributed by atoms with Crippen LogP contribution in [0.3, 0.4) is 0 Å². The van der Waals surface area contributed by atoms with Crippen molar-refractivity contribution in [2.24, 2.45) is 0 Å². The Morgan fingerprint density at radius 3 is 2.43 bits per heavy atom. The van der Waals surface area contributed by atoms with Crippen molar-refractivity contribution in [3.05, 3.63) is 64.7 Å². The number of nitrogens with zero attached hydrogens (tertiary/aromatic N) is 1. The fourth-order valence-electron chi connectivity index (χ4n) is 3.79. The molecule has 1 heterocycles. The SMILES string of the molecule is Cc1ccc(NC(=O)CSCC(=O)N2CC[NH+](Cc3ccccc3C)CC2)c(C)c1. The first-order valence-corrected chi connectivity index (χ1v) is 11.7. The maximum absolute atomic E-state index is 12.5. The molecule has 2 aromatic carbocycles. The molecule has 1 aliphatic rings. The normalized spacial score (nSPS) is 14.6. The minimum absolute atomic E-state index is 0.0627. The molecule has 0 saturated carbocycles. The maximum atomic E-state index is 12.5. The summed E-state index contributed by atoms with van der Waals surface area (Å²) in [5, 5.41) is 2.94. The van der Waals surface area contributed by atoms with Gasteiger partial charge in [0.2, 0.25) is 11.8 Å². The molecule has 0 radical (unpaired) electrons. The topological polar surface area (TPSA) is 53.9 Å². The fourth-order valence-corrected chi connectivity index (χ4v) is 4.51. The molecule has 1 aliphatic heterocycles. The highest BCUT2D eigenvalue weighted by Gasteiger charge is 2.24. The van der Waals surface area contributed by atoms with Gasteiger partial charge in [0.15, 0.2) is 0 Å². The lowest BCUT2D eigenvalue weighted by Crippen LogP contribution is -3.13. The van der Waals surface area contributed by atoms with Gasteiger partial charge in [0.05, 0.1) is 37.7 Å². The van der Waals surface area contributed by atoms with E-state index in [0.717, 1.165) is 44.0 Å². The van der Waals surface area contributed by atoms with Gasteiger partial charge in [-0.1, -0.05) is 42.0 Å². The van der Waals surface area contributed by atoms with Crippen molar-refractivity contribution in [2.45, 2.75) is 27.3 Å². The van der Waals surface area contributed by atoms with E-state index in [2.05, 4.69) is 36.5 Å². The number of aryl methyl sites for hydroxylation is 3. The Morgan fingerprint density at radius 1 is 1.00 bits per heavy atom. The van der Waals surface area contributed by atoms with Gasteiger partial charge in [-0.05, 0) is 38.0 Å². The number of amides is 2. The van der Waals surface area contributed by atoms with Crippen LogP contribution in [0.2, 0.25) is 0 Å². The highest BCUT2D eigenvalue weighted by molar-refractivity contribution is 8.00. The van der Waals surface area contributed by atoms with Crippen molar-refractivity contribution in [2.75, 3.05) is 43.0 Å². The molecule has 160 valence electrons. The second-order valence-electron chi connectivity index (χ2n) is 8.09. The molecule has 6 heteroatoms. The lowest BCUT2D eigenvalue weighted by atomic mass is 10.1. The summed E-state index contributed by atoms with van der Waals surface area (Å²) in [4.78, 5) is 28.2. The van der Waals surface area contributed by atoms with Crippen molar-refractivity contribution < 1.29 is 14.5 Å². The second kappa shape index (κ2) is 10.6. The monoisotopic (exact) mass is 426 g/mol. The number of thioether (sulfide) groups is 1. The van der Waals surface area contributed by atoms with E-state index in [0.29, 0.717) is 5.75 Å². The first-order chi connectivity index (χ1) is 14.4. The van der Waals surface area contributed by atoms with Crippen LogP contribution in [0.1, 0.15) is 22.3 Å². The highest BCUT2D eigenvalue weighted by atomic mass is 32.2. The predicted octanol–water partition coefficient (Wildman–Crippen LogP) is 2.21. The number of nitrogens with one attached hydrogen (secondary N) is 2. The molecule has 0 spiro atoms. The first kappa shape index (κ1) is 22.4. The van der Waals surface area contributed by atoms with Gasteiger partial charge in [0.25, 0.3) is 0 Å². The molecule has 0 aliphatic carbocycles. The second-order valence-corrected chi connectivity index (χ2v) is 9.08. The highest BCUT2D eigenvalue weighted by Crippen LogP contribution is 2.16. The van der Waals surface area contributed by atoms with Gasteiger partial charge in [-0.15, -0.1) is 11.8 Å². The van der Waals surface area contributed by atoms with Crippen LogP contribution in [-0.4, -0.2) is 54.4 Å². The lowest BCUT2D eigenvalue weighted by Gasteiger charge is -2.32. The average Bonchev–Trinajstić information content (AvgIpc) is 2.72. The Labute approximate surface area is 183 Å². The summed E-state index contributed by atoms with van der Waals surface area (Å²) in [6.45, 7) is 10.7. The van der Waals surface area contributed by atoms with Gasteiger partial charge < -0.3 is 15.1 Å². The molecule has 1 fully saturated rings. The Hall–Kier alpha value is -2.31. The van der Waals surface area contributed by atoms with Crippen LogP contribution >= 0.6 is 11.8 Å². The average molecular weight is 427 g/mol. The Balaban J connectivity index is 1.36. The lowest BCUT2D eigenvalue weighted by molar-refractivity contribution is -0.917. The van der Waals surface area contributed by atoms with E-state index in [-0.39, 0.29) is 17.6 Å². The predicted molar refractivity (Wildman–Crippen MR) is 124 cm³/mol. The van der Waals surface area contributed by atoms with Crippen LogP contribution in [0.5, 0.6) is 0 Å². The number of hydrogen-bond donors (Lipinski definition) is 2. The molecule has 30 heavy (non-hydrogen) atoms. The van der Waals surface area contributed by atoms with E-state index < -0.39 is 0 Å². The van der Waals surface area contributed by atoms with Crippen molar-refractivity contribution in [1.29, 1.82) is 0 Å². The zero-order valence-corrected chi connectivity index (χ0v) is 19.0. The van der Waals surface area contributed by atoms with Crippen LogP contribution in [0.15, 0.2) is 42.5 Å². The first-order valence-electron chi connectivity index (χ1n) is 10.5. The molecule has 3 rings (SSSR count). The minimum atomic E-state index is -0.0627. The molecule has 1 saturated heterocycles. The molecule has 0 bridgehead atoms. The Morgan fingerprint density at radius 2 is 1.73 bits per heavy atom. The zero-order chi connectivity index (χ0) is 21.5. The van der Waals surface area contributed by atoms with E-state index in [4.69, 9.17) is 0 Å². The summed E-state index contributed by atoms with van der Waals surface area (Å²) in [6.07, 6.45) is 0. The molecule has 2 aromatic rings. The molecule has 0 atom stereocenters. The molecule has 2 N–H and O–H groups in total. The molecule has 2 amide bonds. The standard InChI is InChI=1S/C24H31N3O2S/c1-18-8-9-22(20(3)14-18)25-23(28)16-30-17-24(29)27-12-10-26(11-13-27)15-21-7-5-4-6-19(21)2/h4-9,14H,10-13,15-17H2,1-3H3,(H,25,28)/p+1. The third kappa shape index (κ3) is 6.34. The van der Waals surface area contributed by atoms with Crippen LogP contribution in [0.4, 0.5) is 5.69 Å². The van der Waals surface area contributed by atoms with E-state index >= 15 is 0 Å². The molecule has 0 aromatic heterocycles. The van der Waals surface area contributed by atoms with Gasteiger partial charge >= 0.3 is 0 Å². The maximum Gasteiger partial charge on any atom is 0.234 e. The molecular weight excluding hydrogens is 394 g/mol. The van der Waals surface area contributed by atoms with Crippen molar-refractivity contribution in [3.63, 3.8) is 0 Å². The number of rotatable bonds is 7. The molecular formula is C24H32N3O2S+. The number of quaternary nitrogens is 1. The van der Waals surface area contributed by atoms with Crippen LogP contribution in [0, 0.1) is 20.8 Å². The number of piperazine rings is 1. The summed E-state index contributed by atoms with van der Waals surface area (Å²) < 4.78 is 0. The van der Waals surface area contributed by atoms with E-state index in [1.165, 1.54) is 33.4 Å². The summed E-state index contributed by atoms with van der Waals surface area (Å²) in [5.41, 5.74) is 5.78. The Kier molecular flexibility index (Phi) is 7.94. The van der Waals surface area contributed by atoms with Gasteiger partial charge in [0, 0.05) is 11.3 Å². The summed E-state index contributed by atoms with van der Waals surface area (Å²) in [7, 11) is 0. The summed E-state index contributed by atoms with van der Waals surface area (Å²) in [5.74, 6) is 0.715. The number of hydrogen-bond acceptors (Lipinski definition) is 3. The van der Waals surface area contributed by atoms with E-state index in [1.807, 2.05) is 36.9 Å². The summed E-state index contributed by atoms with van der Waals surface area (Å²) in [6, 6.07) is 14.5. The van der Waals surface area contributed by atoms with Gasteiger partial charge in [-0.2, -0.15) is 0 Å². The third-order valence-corrected chi connectivity index (χ3v) is 6.56. The smallest absolute Gasteiger partial charge is 0.234 e. The third-order valence-electron chi connectivity index (χ3n) is 5.64. The fraction of sp³-hybridized carbons (Fsp3) is 0.417. The number of carbonyl (C=O) groups excluding carboxylic acids is 2. The van der Waals surface area contributed by atoms with Gasteiger partial charge in [-0.3, -0.25) is 9.59 Å². The van der Waals surface area contributed by atoms with E-state index in [1.54, 1.807) is 0 Å². The summed E-state index contributed by atoms with van der Waals surface area (Å²) >= 11 is 1.39. The molecule has 5 nitrogen and oxygen atoms in total. The minimum Gasteiger partial charge on any atom is -0.331 e. The van der Waals surface area contributed by atoms with E-state index in [9.17, 15) is 9.59 Å². The number of anilines is 1. The van der Waals surface area contributed by atoms with Crippen LogP contribution in [-0.2, 0) is 16.1 Å². The number of benzene rings is 2. The zero-order valence-electron chi connectivity index (χ0n) is 18.2. The molecule has 0 unspecified atom stereocenters. The van der Waals surface area contributed by atoms with Crippen molar-refractivity contribution in [3.8, 4) is 0 Å². The largest absolute Gasteiger partial charge is 0.331 e. The van der Waals surface area contributed by atoms with Crippen molar-refractivity contribution >= 4 is 29.3 Å². The van der Waals surface area contributed by atoms with Crippen LogP contribution in [0.25, 0.3) is 0 Å².